The minimum atomic E-state index is 0.913. The molecule has 2 aromatic heterocycles. The fourth-order valence-corrected chi connectivity index (χ4v) is 9.19. The third kappa shape index (κ3) is 5.98. The highest BCUT2D eigenvalue weighted by molar-refractivity contribution is 6.22. The van der Waals surface area contributed by atoms with Crippen molar-refractivity contribution in [3.8, 4) is 39.1 Å². The van der Waals surface area contributed by atoms with Crippen LogP contribution in [0.15, 0.2) is 235 Å². The summed E-state index contributed by atoms with van der Waals surface area (Å²) in [4.78, 5) is 2.31. The van der Waals surface area contributed by atoms with E-state index in [0.717, 1.165) is 50.1 Å². The Morgan fingerprint density at radius 1 is 0.311 bits per heavy atom. The third-order valence-electron chi connectivity index (χ3n) is 12.2. The van der Waals surface area contributed by atoms with Crippen LogP contribution in [0.5, 0.6) is 0 Å². The number of hydrogen-bond acceptors (Lipinski definition) is 2. The predicted octanol–water partition coefficient (Wildman–Crippen LogP) is 16.3. The van der Waals surface area contributed by atoms with Crippen molar-refractivity contribution in [2.24, 2.45) is 0 Å². The zero-order chi connectivity index (χ0) is 40.3. The zero-order valence-electron chi connectivity index (χ0n) is 33.2. The first-order valence-electron chi connectivity index (χ1n) is 20.8. The van der Waals surface area contributed by atoms with E-state index in [1.807, 2.05) is 12.1 Å². The van der Waals surface area contributed by atoms with Gasteiger partial charge in [-0.25, -0.2) is 0 Å². The Balaban J connectivity index is 0.900. The van der Waals surface area contributed by atoms with Gasteiger partial charge in [0.2, 0.25) is 0 Å². The second-order valence-electron chi connectivity index (χ2n) is 15.7. The summed E-state index contributed by atoms with van der Waals surface area (Å²) in [5.74, 6) is 0. The van der Waals surface area contributed by atoms with E-state index in [-0.39, 0.29) is 0 Å². The van der Waals surface area contributed by atoms with Crippen molar-refractivity contribution in [2.45, 2.75) is 0 Å². The molecule has 0 bridgehead atoms. The lowest BCUT2D eigenvalue weighted by Gasteiger charge is -2.26. The quantitative estimate of drug-likeness (QED) is 0.161. The molecule has 0 radical (unpaired) electrons. The Kier molecular flexibility index (Phi) is 8.17. The Hall–Kier alpha value is -8.14. The molecule has 0 unspecified atom stereocenters. The maximum atomic E-state index is 6.30. The average Bonchev–Trinajstić information content (AvgIpc) is 3.87. The summed E-state index contributed by atoms with van der Waals surface area (Å²) in [5, 5.41) is 7.11. The average molecular weight is 779 g/mol. The van der Waals surface area contributed by atoms with Gasteiger partial charge in [0, 0.05) is 49.7 Å². The number of para-hydroxylation sites is 3. The van der Waals surface area contributed by atoms with Gasteiger partial charge in [0.25, 0.3) is 0 Å². The van der Waals surface area contributed by atoms with Crippen LogP contribution in [0.25, 0.3) is 93.6 Å². The monoisotopic (exact) mass is 778 g/mol. The van der Waals surface area contributed by atoms with Crippen LogP contribution in [0.3, 0.4) is 0 Å². The van der Waals surface area contributed by atoms with Crippen LogP contribution in [0, 0.1) is 0 Å². The van der Waals surface area contributed by atoms with Gasteiger partial charge in [-0.3, -0.25) is 0 Å². The molecule has 12 aromatic rings. The van der Waals surface area contributed by atoms with E-state index in [0.29, 0.717) is 0 Å². The van der Waals surface area contributed by atoms with Gasteiger partial charge in [-0.05, 0) is 118 Å². The second-order valence-corrected chi connectivity index (χ2v) is 15.7. The van der Waals surface area contributed by atoms with Crippen molar-refractivity contribution in [3.05, 3.63) is 231 Å². The maximum absolute atomic E-state index is 6.30. The summed E-state index contributed by atoms with van der Waals surface area (Å²) in [6.07, 6.45) is 0. The van der Waals surface area contributed by atoms with Crippen molar-refractivity contribution in [2.75, 3.05) is 4.90 Å². The molecule has 0 amide bonds. The lowest BCUT2D eigenvalue weighted by atomic mass is 9.98. The predicted molar refractivity (Wildman–Crippen MR) is 257 cm³/mol. The van der Waals surface area contributed by atoms with Crippen LogP contribution in [0.4, 0.5) is 17.1 Å². The maximum Gasteiger partial charge on any atom is 0.136 e. The molecule has 0 aliphatic rings. The first-order valence-corrected chi connectivity index (χ1v) is 20.8. The topological polar surface area (TPSA) is 21.3 Å². The van der Waals surface area contributed by atoms with Gasteiger partial charge in [-0.2, -0.15) is 0 Å². The zero-order valence-corrected chi connectivity index (χ0v) is 33.2. The molecule has 0 saturated carbocycles. The molecule has 3 heteroatoms. The molecule has 3 nitrogen and oxygen atoms in total. The molecule has 0 atom stereocenters. The van der Waals surface area contributed by atoms with E-state index in [4.69, 9.17) is 4.42 Å². The first kappa shape index (κ1) is 34.9. The smallest absolute Gasteiger partial charge is 0.136 e. The number of rotatable bonds is 7. The molecule has 0 saturated heterocycles. The first-order chi connectivity index (χ1) is 30.2. The number of fused-ring (bicyclic) bond motifs is 8. The van der Waals surface area contributed by atoms with Gasteiger partial charge in [0.05, 0.1) is 11.0 Å². The number of nitrogens with zero attached hydrogens (tertiary/aromatic N) is 2. The molecule has 0 fully saturated rings. The normalized spacial score (nSPS) is 11.6. The van der Waals surface area contributed by atoms with E-state index >= 15 is 0 Å². The van der Waals surface area contributed by atoms with Gasteiger partial charge in [-0.1, -0.05) is 152 Å². The summed E-state index contributed by atoms with van der Waals surface area (Å²) in [7, 11) is 0. The molecule has 0 N–H and O–H groups in total. The summed E-state index contributed by atoms with van der Waals surface area (Å²) in [5.41, 5.74) is 15.8. The highest BCUT2D eigenvalue weighted by atomic mass is 16.3. The number of hydrogen-bond donors (Lipinski definition) is 0. The standard InChI is InChI=1S/C58H38N2O/c1-4-12-39(13-5-1)41-24-30-48(31-25-41)59(46-14-6-2-7-15-46)49-32-26-42(27-33-49)40-20-22-43(23-21-40)44-29-35-55-53(36-44)51-34-28-45-37-57-54(50-18-10-11-19-56(50)61-57)38-52(45)58(51)60(55)47-16-8-3-9-17-47/h1-38H. The second kappa shape index (κ2) is 14.3. The lowest BCUT2D eigenvalue weighted by Crippen LogP contribution is -2.09. The number of benzene rings is 10. The molecular weight excluding hydrogens is 741 g/mol. The summed E-state index contributed by atoms with van der Waals surface area (Å²) in [6.45, 7) is 0. The van der Waals surface area contributed by atoms with E-state index in [9.17, 15) is 0 Å². The number of aromatic nitrogens is 1. The van der Waals surface area contributed by atoms with Crippen LogP contribution in [-0.4, -0.2) is 4.57 Å². The van der Waals surface area contributed by atoms with E-state index in [2.05, 4.69) is 228 Å². The molecular formula is C58H38N2O. The van der Waals surface area contributed by atoms with Crippen LogP contribution in [0.1, 0.15) is 0 Å². The Bertz CT molecular complexity index is 3530. The molecule has 0 aliphatic heterocycles. The molecule has 10 aromatic carbocycles. The summed E-state index contributed by atoms with van der Waals surface area (Å²) < 4.78 is 8.73. The largest absolute Gasteiger partial charge is 0.456 e. The molecule has 0 spiro atoms. The summed E-state index contributed by atoms with van der Waals surface area (Å²) >= 11 is 0. The summed E-state index contributed by atoms with van der Waals surface area (Å²) in [6, 6.07) is 82.8. The fourth-order valence-electron chi connectivity index (χ4n) is 9.19. The van der Waals surface area contributed by atoms with Crippen molar-refractivity contribution >= 4 is 71.6 Å². The van der Waals surface area contributed by atoms with E-state index < -0.39 is 0 Å². The van der Waals surface area contributed by atoms with Crippen molar-refractivity contribution in [1.82, 2.24) is 4.57 Å². The molecule has 12 rings (SSSR count). The van der Waals surface area contributed by atoms with Gasteiger partial charge in [-0.15, -0.1) is 0 Å². The van der Waals surface area contributed by atoms with Gasteiger partial charge in [0.1, 0.15) is 11.2 Å². The number of anilines is 3. The minimum absolute atomic E-state index is 0.913. The molecule has 2 heterocycles. The van der Waals surface area contributed by atoms with Crippen LogP contribution in [-0.2, 0) is 0 Å². The lowest BCUT2D eigenvalue weighted by molar-refractivity contribution is 0.669. The van der Waals surface area contributed by atoms with Gasteiger partial charge < -0.3 is 13.9 Å². The van der Waals surface area contributed by atoms with Gasteiger partial charge >= 0.3 is 0 Å². The highest BCUT2D eigenvalue weighted by Crippen LogP contribution is 2.42. The Morgan fingerprint density at radius 2 is 0.836 bits per heavy atom. The number of furan rings is 1. The Labute approximate surface area is 353 Å². The van der Waals surface area contributed by atoms with E-state index in [1.165, 1.54) is 60.6 Å². The van der Waals surface area contributed by atoms with Gasteiger partial charge in [0.15, 0.2) is 0 Å². The fraction of sp³-hybridized carbons (Fsp3) is 0. The highest BCUT2D eigenvalue weighted by Gasteiger charge is 2.18. The van der Waals surface area contributed by atoms with Crippen molar-refractivity contribution < 1.29 is 4.42 Å². The van der Waals surface area contributed by atoms with Crippen molar-refractivity contribution in [1.29, 1.82) is 0 Å². The molecule has 0 aliphatic carbocycles. The SMILES string of the molecule is c1ccc(-c2ccc(N(c3ccccc3)c3ccc(-c4ccc(-c5ccc6c(c5)c5ccc7cc8oc9ccccc9c8cc7c5n6-c5ccccc5)cc4)cc3)cc2)cc1. The molecule has 286 valence electrons. The Morgan fingerprint density at radius 3 is 1.51 bits per heavy atom. The van der Waals surface area contributed by atoms with Crippen LogP contribution >= 0.6 is 0 Å². The third-order valence-corrected chi connectivity index (χ3v) is 12.2. The van der Waals surface area contributed by atoms with E-state index in [1.54, 1.807) is 0 Å². The van der Waals surface area contributed by atoms with Crippen LogP contribution in [0.2, 0.25) is 0 Å². The van der Waals surface area contributed by atoms with Crippen molar-refractivity contribution in [3.63, 3.8) is 0 Å². The molecule has 61 heavy (non-hydrogen) atoms. The van der Waals surface area contributed by atoms with Crippen LogP contribution < -0.4 is 4.90 Å². The minimum Gasteiger partial charge on any atom is -0.456 e.